The average molecular weight is 428 g/mol. The number of pyridine rings is 1. The zero-order valence-corrected chi connectivity index (χ0v) is 14.9. The number of benzene rings is 1. The van der Waals surface area contributed by atoms with Crippen LogP contribution in [-0.4, -0.2) is 21.1 Å². The molecule has 2 heterocycles. The number of halogens is 6. The van der Waals surface area contributed by atoms with Crippen LogP contribution in [-0.2, 0) is 13.2 Å². The van der Waals surface area contributed by atoms with E-state index in [0.717, 1.165) is 16.8 Å². The highest BCUT2D eigenvalue weighted by atomic mass is 19.4. The van der Waals surface area contributed by atoms with Crippen molar-refractivity contribution in [2.75, 3.05) is 0 Å². The summed E-state index contributed by atoms with van der Waals surface area (Å²) in [4.78, 5) is 4.10. The van der Waals surface area contributed by atoms with Gasteiger partial charge in [0, 0.05) is 24.7 Å². The van der Waals surface area contributed by atoms with Crippen LogP contribution in [0.15, 0.2) is 42.5 Å². The fourth-order valence-corrected chi connectivity index (χ4v) is 2.39. The van der Waals surface area contributed by atoms with E-state index in [1.54, 1.807) is 0 Å². The summed E-state index contributed by atoms with van der Waals surface area (Å²) in [6.07, 6.45) is -9.52. The molecule has 30 heavy (non-hydrogen) atoms. The lowest BCUT2D eigenvalue weighted by Gasteiger charge is -2.10. The summed E-state index contributed by atoms with van der Waals surface area (Å²) in [6, 6.07) is 9.74. The molecule has 0 unspecified atom stereocenters. The number of hydrogen-bond donors (Lipinski definition) is 0. The minimum Gasteiger partial charge on any atom is -0.421 e. The Morgan fingerprint density at radius 2 is 1.67 bits per heavy atom. The van der Waals surface area contributed by atoms with E-state index in [9.17, 15) is 31.6 Å². The first kappa shape index (κ1) is 21.0. The zero-order chi connectivity index (χ0) is 22.1. The van der Waals surface area contributed by atoms with Crippen LogP contribution in [0.1, 0.15) is 11.3 Å². The van der Waals surface area contributed by atoms with Crippen molar-refractivity contribution >= 4 is 0 Å². The second-order valence-corrected chi connectivity index (χ2v) is 5.85. The molecule has 0 aliphatic heterocycles. The Balaban J connectivity index is 1.91. The normalized spacial score (nSPS) is 11.8. The van der Waals surface area contributed by atoms with Gasteiger partial charge in [-0.1, -0.05) is 0 Å². The predicted octanol–water partition coefficient (Wildman–Crippen LogP) is 5.06. The molecule has 0 N–H and O–H groups in total. The Kier molecular flexibility index (Phi) is 5.30. The third-order valence-electron chi connectivity index (χ3n) is 3.65. The first-order valence-electron chi connectivity index (χ1n) is 8.02. The maximum atomic E-state index is 12.8. The number of rotatable bonds is 4. The van der Waals surface area contributed by atoms with E-state index >= 15 is 0 Å². The average Bonchev–Trinajstić information content (AvgIpc) is 3.01. The lowest BCUT2D eigenvalue weighted by atomic mass is 10.1. The molecule has 2 aromatic heterocycles. The Bertz CT molecular complexity index is 1100. The summed E-state index contributed by atoms with van der Waals surface area (Å²) in [5, 5.41) is 12.5. The summed E-state index contributed by atoms with van der Waals surface area (Å²) < 4.78 is 85.1. The standard InChI is InChI=1S/C18H10F6N4O2/c1-28-16(8-14(27-28)17(19,20)21)29-15-7-10(9-25)6-13(26-15)11-2-4-12(5-3-11)30-18(22,23)24/h2-8H,1H3. The van der Waals surface area contributed by atoms with Crippen LogP contribution in [0, 0.1) is 11.3 Å². The van der Waals surface area contributed by atoms with Gasteiger partial charge in [0.15, 0.2) is 5.69 Å². The second kappa shape index (κ2) is 7.58. The summed E-state index contributed by atoms with van der Waals surface area (Å²) in [7, 11) is 1.24. The molecular weight excluding hydrogens is 418 g/mol. The van der Waals surface area contributed by atoms with Gasteiger partial charge in [0.05, 0.1) is 17.3 Å². The van der Waals surface area contributed by atoms with E-state index in [-0.39, 0.29) is 23.0 Å². The maximum Gasteiger partial charge on any atom is 0.573 e. The van der Waals surface area contributed by atoms with Crippen molar-refractivity contribution in [2.45, 2.75) is 12.5 Å². The molecule has 0 fully saturated rings. The highest BCUT2D eigenvalue weighted by molar-refractivity contribution is 5.63. The smallest absolute Gasteiger partial charge is 0.421 e. The number of nitrogens with zero attached hydrogens (tertiary/aromatic N) is 4. The van der Waals surface area contributed by atoms with Gasteiger partial charge in [-0.3, -0.25) is 0 Å². The molecule has 0 aliphatic rings. The van der Waals surface area contributed by atoms with Crippen molar-refractivity contribution in [3.63, 3.8) is 0 Å². The minimum atomic E-state index is -4.85. The molecule has 3 rings (SSSR count). The van der Waals surface area contributed by atoms with Crippen LogP contribution in [0.25, 0.3) is 11.3 Å². The van der Waals surface area contributed by atoms with Crippen molar-refractivity contribution in [2.24, 2.45) is 7.05 Å². The summed E-state index contributed by atoms with van der Waals surface area (Å²) in [6.45, 7) is 0. The summed E-state index contributed by atoms with van der Waals surface area (Å²) in [5.41, 5.74) is -0.617. The number of alkyl halides is 6. The van der Waals surface area contributed by atoms with Crippen molar-refractivity contribution in [3.8, 4) is 34.8 Å². The minimum absolute atomic E-state index is 0.0730. The molecule has 0 atom stereocenters. The molecule has 0 spiro atoms. The lowest BCUT2D eigenvalue weighted by molar-refractivity contribution is -0.274. The molecule has 6 nitrogen and oxygen atoms in total. The highest BCUT2D eigenvalue weighted by Gasteiger charge is 2.35. The van der Waals surface area contributed by atoms with E-state index in [0.29, 0.717) is 11.6 Å². The van der Waals surface area contributed by atoms with Gasteiger partial charge in [-0.2, -0.15) is 23.5 Å². The van der Waals surface area contributed by atoms with Crippen molar-refractivity contribution in [1.82, 2.24) is 14.8 Å². The molecule has 156 valence electrons. The molecular formula is C18H10F6N4O2. The lowest BCUT2D eigenvalue weighted by Crippen LogP contribution is -2.16. The molecule has 1 aromatic carbocycles. The number of hydrogen-bond acceptors (Lipinski definition) is 5. The van der Waals surface area contributed by atoms with Crippen LogP contribution >= 0.6 is 0 Å². The molecule has 0 radical (unpaired) electrons. The Morgan fingerprint density at radius 3 is 2.20 bits per heavy atom. The molecule has 3 aromatic rings. The van der Waals surface area contributed by atoms with E-state index in [1.165, 1.54) is 31.3 Å². The first-order chi connectivity index (χ1) is 13.9. The fraction of sp³-hybridized carbons (Fsp3) is 0.167. The number of aryl methyl sites for hydroxylation is 1. The van der Waals surface area contributed by atoms with Crippen LogP contribution < -0.4 is 9.47 Å². The van der Waals surface area contributed by atoms with Gasteiger partial charge in [-0.25, -0.2) is 9.67 Å². The molecule has 0 amide bonds. The maximum absolute atomic E-state index is 12.8. The van der Waals surface area contributed by atoms with Crippen LogP contribution in [0.5, 0.6) is 17.5 Å². The first-order valence-corrected chi connectivity index (χ1v) is 8.02. The van der Waals surface area contributed by atoms with Gasteiger partial charge in [0.2, 0.25) is 11.8 Å². The quantitative estimate of drug-likeness (QED) is 0.543. The summed E-state index contributed by atoms with van der Waals surface area (Å²) in [5.74, 6) is -0.921. The van der Waals surface area contributed by atoms with E-state index in [2.05, 4.69) is 14.8 Å². The van der Waals surface area contributed by atoms with E-state index in [1.807, 2.05) is 6.07 Å². The van der Waals surface area contributed by atoms with Gasteiger partial charge >= 0.3 is 12.5 Å². The Labute approximate surface area is 164 Å². The summed E-state index contributed by atoms with van der Waals surface area (Å²) >= 11 is 0. The van der Waals surface area contributed by atoms with Crippen LogP contribution in [0.2, 0.25) is 0 Å². The third-order valence-corrected chi connectivity index (χ3v) is 3.65. The monoisotopic (exact) mass is 428 g/mol. The van der Waals surface area contributed by atoms with Gasteiger partial charge < -0.3 is 9.47 Å². The SMILES string of the molecule is Cn1nc(C(F)(F)F)cc1Oc1cc(C#N)cc(-c2ccc(OC(F)(F)F)cc2)n1. The van der Waals surface area contributed by atoms with E-state index < -0.39 is 24.0 Å². The Morgan fingerprint density at radius 1 is 1.00 bits per heavy atom. The zero-order valence-electron chi connectivity index (χ0n) is 14.9. The van der Waals surface area contributed by atoms with Gasteiger partial charge in [0.1, 0.15) is 5.75 Å². The third kappa shape index (κ3) is 4.99. The van der Waals surface area contributed by atoms with Crippen molar-refractivity contribution < 1.29 is 35.8 Å². The highest BCUT2D eigenvalue weighted by Crippen LogP contribution is 2.33. The van der Waals surface area contributed by atoms with Crippen LogP contribution in [0.3, 0.4) is 0 Å². The molecule has 0 saturated carbocycles. The molecule has 0 bridgehead atoms. The van der Waals surface area contributed by atoms with E-state index in [4.69, 9.17) is 4.74 Å². The molecule has 0 saturated heterocycles. The topological polar surface area (TPSA) is 73.0 Å². The Hall–Kier alpha value is -3.75. The largest absolute Gasteiger partial charge is 0.573 e. The fourth-order valence-electron chi connectivity index (χ4n) is 2.39. The van der Waals surface area contributed by atoms with Gasteiger partial charge in [-0.15, -0.1) is 13.2 Å². The predicted molar refractivity (Wildman–Crippen MR) is 89.4 cm³/mol. The number of ether oxygens (including phenoxy) is 2. The van der Waals surface area contributed by atoms with Crippen LogP contribution in [0.4, 0.5) is 26.3 Å². The number of aromatic nitrogens is 3. The molecule has 12 heteroatoms. The van der Waals surface area contributed by atoms with Gasteiger partial charge in [-0.05, 0) is 30.3 Å². The van der Waals surface area contributed by atoms with Crippen molar-refractivity contribution in [1.29, 1.82) is 5.26 Å². The van der Waals surface area contributed by atoms with Crippen molar-refractivity contribution in [3.05, 3.63) is 53.7 Å². The number of nitriles is 1. The van der Waals surface area contributed by atoms with Gasteiger partial charge in [0.25, 0.3) is 0 Å². The second-order valence-electron chi connectivity index (χ2n) is 5.85. The molecule has 0 aliphatic carbocycles.